The van der Waals surface area contributed by atoms with E-state index < -0.39 is 11.9 Å². The van der Waals surface area contributed by atoms with Gasteiger partial charge in [-0.3, -0.25) is 9.59 Å². The molecule has 1 atom stereocenters. The number of rotatable bonds is 5. The first-order chi connectivity index (χ1) is 6.65. The van der Waals surface area contributed by atoms with E-state index >= 15 is 0 Å². The fraction of sp³-hybridized carbons (Fsp3) is 0.778. The summed E-state index contributed by atoms with van der Waals surface area (Å²) in [6.45, 7) is 1.88. The molecule has 1 amide bonds. The Morgan fingerprint density at radius 1 is 1.71 bits per heavy atom. The summed E-state index contributed by atoms with van der Waals surface area (Å²) in [6.07, 6.45) is 1.03. The second kappa shape index (κ2) is 4.95. The summed E-state index contributed by atoms with van der Waals surface area (Å²) >= 11 is 0. The van der Waals surface area contributed by atoms with Crippen LogP contribution in [0.2, 0.25) is 0 Å². The van der Waals surface area contributed by atoms with Crippen LogP contribution in [-0.4, -0.2) is 48.6 Å². The monoisotopic (exact) mass is 200 g/mol. The normalized spacial score (nSPS) is 21.6. The molecule has 0 aromatic carbocycles. The number of carbonyl (C=O) groups is 2. The Kier molecular flexibility index (Phi) is 3.88. The highest BCUT2D eigenvalue weighted by molar-refractivity contribution is 5.86. The second-order valence-corrected chi connectivity index (χ2v) is 3.54. The maximum absolute atomic E-state index is 11.3. The molecule has 14 heavy (non-hydrogen) atoms. The van der Waals surface area contributed by atoms with Gasteiger partial charge in [-0.05, 0) is 20.0 Å². The minimum absolute atomic E-state index is 0.0338. The number of likely N-dealkylation sites (tertiary alicyclic amines) is 1. The molecule has 0 radical (unpaired) electrons. The number of carbonyl (C=O) groups excluding carboxylic acids is 1. The topological polar surface area (TPSA) is 69.6 Å². The van der Waals surface area contributed by atoms with E-state index in [1.165, 1.54) is 0 Å². The fourth-order valence-electron chi connectivity index (χ4n) is 1.60. The van der Waals surface area contributed by atoms with Crippen molar-refractivity contribution >= 4 is 11.9 Å². The predicted octanol–water partition coefficient (Wildman–Crippen LogP) is -0.471. The summed E-state index contributed by atoms with van der Waals surface area (Å²) in [5.74, 6) is -1.40. The van der Waals surface area contributed by atoms with E-state index in [1.54, 1.807) is 4.90 Å². The largest absolute Gasteiger partial charge is 0.481 e. The Morgan fingerprint density at radius 2 is 2.43 bits per heavy atom. The molecular weight excluding hydrogens is 184 g/mol. The highest BCUT2D eigenvalue weighted by atomic mass is 16.4. The van der Waals surface area contributed by atoms with Gasteiger partial charge in [0.1, 0.15) is 0 Å². The van der Waals surface area contributed by atoms with Gasteiger partial charge in [0, 0.05) is 19.5 Å². The van der Waals surface area contributed by atoms with E-state index in [4.69, 9.17) is 5.11 Å². The molecule has 1 unspecified atom stereocenters. The lowest BCUT2D eigenvalue weighted by atomic mass is 10.1. The Bertz CT molecular complexity index is 230. The van der Waals surface area contributed by atoms with Crippen LogP contribution in [0, 0.1) is 5.92 Å². The Labute approximate surface area is 83.1 Å². The molecule has 2 N–H and O–H groups in total. The maximum Gasteiger partial charge on any atom is 0.308 e. The third kappa shape index (κ3) is 2.70. The molecule has 80 valence electrons. The number of carboxylic acid groups (broad SMARTS) is 1. The molecule has 1 fully saturated rings. The van der Waals surface area contributed by atoms with Crippen LogP contribution in [-0.2, 0) is 9.59 Å². The number of nitrogens with one attached hydrogen (secondary N) is 1. The summed E-state index contributed by atoms with van der Waals surface area (Å²) in [5, 5.41) is 11.7. The van der Waals surface area contributed by atoms with Crippen molar-refractivity contribution in [1.29, 1.82) is 0 Å². The lowest BCUT2D eigenvalue weighted by molar-refractivity contribution is -0.141. The number of nitrogens with zero attached hydrogens (tertiary/aromatic N) is 1. The van der Waals surface area contributed by atoms with E-state index in [1.807, 2.05) is 7.05 Å². The van der Waals surface area contributed by atoms with Crippen LogP contribution in [0.3, 0.4) is 0 Å². The second-order valence-electron chi connectivity index (χ2n) is 3.54. The van der Waals surface area contributed by atoms with Gasteiger partial charge in [0.05, 0.1) is 5.92 Å². The molecule has 0 aromatic rings. The standard InChI is InChI=1S/C9H16N2O3/c1-10-3-2-4-11-6-7(9(13)14)5-8(11)12/h7,10H,2-6H2,1H3,(H,13,14). The van der Waals surface area contributed by atoms with Gasteiger partial charge in [-0.1, -0.05) is 0 Å². The van der Waals surface area contributed by atoms with E-state index in [2.05, 4.69) is 5.32 Å². The van der Waals surface area contributed by atoms with Gasteiger partial charge in [-0.25, -0.2) is 0 Å². The predicted molar refractivity (Wildman–Crippen MR) is 50.9 cm³/mol. The molecule has 5 heteroatoms. The third-order valence-electron chi connectivity index (χ3n) is 2.42. The number of amides is 1. The summed E-state index contributed by atoms with van der Waals surface area (Å²) in [7, 11) is 1.85. The minimum Gasteiger partial charge on any atom is -0.481 e. The van der Waals surface area contributed by atoms with Gasteiger partial charge >= 0.3 is 5.97 Å². The molecule has 5 nitrogen and oxygen atoms in total. The highest BCUT2D eigenvalue weighted by Crippen LogP contribution is 2.17. The van der Waals surface area contributed by atoms with Crippen LogP contribution in [0.1, 0.15) is 12.8 Å². The van der Waals surface area contributed by atoms with Crippen molar-refractivity contribution in [3.63, 3.8) is 0 Å². The Morgan fingerprint density at radius 3 is 2.93 bits per heavy atom. The molecule has 0 bridgehead atoms. The smallest absolute Gasteiger partial charge is 0.308 e. The van der Waals surface area contributed by atoms with E-state index in [0.29, 0.717) is 13.1 Å². The average molecular weight is 200 g/mol. The van der Waals surface area contributed by atoms with Crippen molar-refractivity contribution in [2.45, 2.75) is 12.8 Å². The number of carboxylic acids is 1. The van der Waals surface area contributed by atoms with Gasteiger partial charge in [-0.15, -0.1) is 0 Å². The maximum atomic E-state index is 11.3. The molecular formula is C9H16N2O3. The van der Waals surface area contributed by atoms with E-state index in [9.17, 15) is 9.59 Å². The molecule has 1 aliphatic rings. The molecule has 0 saturated carbocycles. The van der Waals surface area contributed by atoms with Gasteiger partial charge in [-0.2, -0.15) is 0 Å². The van der Waals surface area contributed by atoms with Crippen LogP contribution in [0.5, 0.6) is 0 Å². The van der Waals surface area contributed by atoms with Crippen molar-refractivity contribution in [2.24, 2.45) is 5.92 Å². The van der Waals surface area contributed by atoms with Crippen molar-refractivity contribution in [3.8, 4) is 0 Å². The van der Waals surface area contributed by atoms with Gasteiger partial charge < -0.3 is 15.3 Å². The zero-order chi connectivity index (χ0) is 10.6. The number of hydrogen-bond acceptors (Lipinski definition) is 3. The number of aliphatic carboxylic acids is 1. The molecule has 0 aliphatic carbocycles. The Hall–Kier alpha value is -1.10. The summed E-state index contributed by atoms with van der Waals surface area (Å²) in [6, 6.07) is 0. The molecule has 0 spiro atoms. The van der Waals surface area contributed by atoms with Gasteiger partial charge in [0.25, 0.3) is 0 Å². The zero-order valence-corrected chi connectivity index (χ0v) is 8.32. The third-order valence-corrected chi connectivity index (χ3v) is 2.42. The first-order valence-corrected chi connectivity index (χ1v) is 4.80. The molecule has 1 aliphatic heterocycles. The van der Waals surface area contributed by atoms with E-state index in [-0.39, 0.29) is 12.3 Å². The average Bonchev–Trinajstić information content (AvgIpc) is 2.49. The lowest BCUT2D eigenvalue weighted by Crippen LogP contribution is -2.29. The van der Waals surface area contributed by atoms with Gasteiger partial charge in [0.2, 0.25) is 5.91 Å². The lowest BCUT2D eigenvalue weighted by Gasteiger charge is -2.15. The van der Waals surface area contributed by atoms with Crippen LogP contribution < -0.4 is 5.32 Å². The minimum atomic E-state index is -0.866. The van der Waals surface area contributed by atoms with Crippen molar-refractivity contribution in [2.75, 3.05) is 26.7 Å². The molecule has 1 rings (SSSR count). The van der Waals surface area contributed by atoms with Crippen LogP contribution in [0.25, 0.3) is 0 Å². The molecule has 0 aromatic heterocycles. The van der Waals surface area contributed by atoms with Crippen molar-refractivity contribution in [3.05, 3.63) is 0 Å². The first kappa shape index (κ1) is 11.0. The van der Waals surface area contributed by atoms with Gasteiger partial charge in [0.15, 0.2) is 0 Å². The number of hydrogen-bond donors (Lipinski definition) is 2. The molecule has 1 heterocycles. The zero-order valence-electron chi connectivity index (χ0n) is 8.32. The van der Waals surface area contributed by atoms with Crippen molar-refractivity contribution in [1.82, 2.24) is 10.2 Å². The molecule has 1 saturated heterocycles. The van der Waals surface area contributed by atoms with Crippen LogP contribution in [0.4, 0.5) is 0 Å². The summed E-state index contributed by atoms with van der Waals surface area (Å²) < 4.78 is 0. The van der Waals surface area contributed by atoms with Crippen LogP contribution >= 0.6 is 0 Å². The fourth-order valence-corrected chi connectivity index (χ4v) is 1.60. The van der Waals surface area contributed by atoms with Crippen molar-refractivity contribution < 1.29 is 14.7 Å². The Balaban J connectivity index is 2.33. The highest BCUT2D eigenvalue weighted by Gasteiger charge is 2.33. The summed E-state index contributed by atoms with van der Waals surface area (Å²) in [4.78, 5) is 23.6. The SMILES string of the molecule is CNCCCN1CC(C(=O)O)CC1=O. The quantitative estimate of drug-likeness (QED) is 0.589. The van der Waals surface area contributed by atoms with Crippen LogP contribution in [0.15, 0.2) is 0 Å². The first-order valence-electron chi connectivity index (χ1n) is 4.80. The summed E-state index contributed by atoms with van der Waals surface area (Å²) in [5.41, 5.74) is 0. The van der Waals surface area contributed by atoms with E-state index in [0.717, 1.165) is 13.0 Å².